The van der Waals surface area contributed by atoms with Crippen molar-refractivity contribution in [2.24, 2.45) is 5.92 Å². The van der Waals surface area contributed by atoms with Crippen molar-refractivity contribution in [3.05, 3.63) is 35.9 Å². The van der Waals surface area contributed by atoms with Crippen molar-refractivity contribution in [3.63, 3.8) is 0 Å². The number of carbonyl (C=O) groups excluding carboxylic acids is 1. The Morgan fingerprint density at radius 2 is 1.88 bits per heavy atom. The number of hydrogen-bond acceptors (Lipinski definition) is 2. The second-order valence-corrected chi connectivity index (χ2v) is 5.45. The maximum Gasteiger partial charge on any atom is 0.616 e. The van der Waals surface area contributed by atoms with Crippen molar-refractivity contribution >= 4 is 15.0 Å². The van der Waals surface area contributed by atoms with Gasteiger partial charge in [0.15, 0.2) is 0 Å². The van der Waals surface area contributed by atoms with Crippen LogP contribution in [-0.4, -0.2) is 15.0 Å². The number of halogens is 3. The fourth-order valence-electron chi connectivity index (χ4n) is 1.30. The highest BCUT2D eigenvalue weighted by atomic mass is 28.5. The van der Waals surface area contributed by atoms with E-state index in [0.29, 0.717) is 0 Å². The largest absolute Gasteiger partial charge is 0.616 e. The molecule has 0 radical (unpaired) electrons. The Morgan fingerprint density at radius 3 is 2.41 bits per heavy atom. The first-order valence-corrected chi connectivity index (χ1v) is 7.00. The van der Waals surface area contributed by atoms with E-state index in [0.717, 1.165) is 5.56 Å². The van der Waals surface area contributed by atoms with Crippen molar-refractivity contribution < 1.29 is 21.9 Å². The summed E-state index contributed by atoms with van der Waals surface area (Å²) in [5.41, 5.74) is 0.761. The molecule has 0 aliphatic rings. The van der Waals surface area contributed by atoms with Gasteiger partial charge in [0.05, 0.1) is 5.92 Å². The molecule has 2 nitrogen and oxygen atoms in total. The van der Waals surface area contributed by atoms with Crippen LogP contribution in [0.5, 0.6) is 0 Å². The lowest BCUT2D eigenvalue weighted by molar-refractivity contribution is -0.148. The molecule has 94 valence electrons. The SMILES string of the molecule is CC(C[Si](F)(F)F)C(=O)OCc1ccccc1. The molecule has 0 aliphatic heterocycles. The lowest BCUT2D eigenvalue weighted by atomic mass is 10.2. The van der Waals surface area contributed by atoms with E-state index in [-0.39, 0.29) is 6.61 Å². The normalized spacial score (nSPS) is 13.2. The summed E-state index contributed by atoms with van der Waals surface area (Å²) in [7, 11) is -5.69. The van der Waals surface area contributed by atoms with Crippen LogP contribution in [-0.2, 0) is 16.1 Å². The fraction of sp³-hybridized carbons (Fsp3) is 0.364. The Kier molecular flexibility index (Phi) is 4.74. The summed E-state index contributed by atoms with van der Waals surface area (Å²) in [4.78, 5) is 11.3. The molecule has 0 saturated carbocycles. The number of esters is 1. The standard InChI is InChI=1S/C11H13F3O2Si/c1-9(8-17(12,13)14)11(15)16-7-10-5-3-2-4-6-10/h2-6,9H,7-8H2,1H3. The Labute approximate surface area is 98.9 Å². The minimum Gasteiger partial charge on any atom is -0.461 e. The van der Waals surface area contributed by atoms with Crippen LogP contribution in [0.3, 0.4) is 0 Å². The molecule has 1 rings (SSSR count). The van der Waals surface area contributed by atoms with Crippen LogP contribution in [0.15, 0.2) is 30.3 Å². The van der Waals surface area contributed by atoms with Crippen LogP contribution >= 0.6 is 0 Å². The van der Waals surface area contributed by atoms with Gasteiger partial charge in [-0.05, 0) is 5.56 Å². The van der Waals surface area contributed by atoms with Crippen molar-refractivity contribution in [2.75, 3.05) is 0 Å². The van der Waals surface area contributed by atoms with E-state index in [1.165, 1.54) is 6.92 Å². The number of rotatable bonds is 5. The smallest absolute Gasteiger partial charge is 0.461 e. The molecular formula is C11H13F3O2Si. The molecule has 0 aliphatic carbocycles. The van der Waals surface area contributed by atoms with Crippen molar-refractivity contribution in [1.82, 2.24) is 0 Å². The zero-order valence-electron chi connectivity index (χ0n) is 9.33. The number of carbonyl (C=O) groups is 1. The first kappa shape index (κ1) is 13.8. The molecule has 0 fully saturated rings. The molecule has 0 N–H and O–H groups in total. The minimum absolute atomic E-state index is 0.0173. The summed E-state index contributed by atoms with van der Waals surface area (Å²) in [6.07, 6.45) is 0. The Hall–Kier alpha value is -1.30. The molecule has 0 spiro atoms. The second-order valence-electron chi connectivity index (χ2n) is 3.81. The summed E-state index contributed by atoms with van der Waals surface area (Å²) < 4.78 is 41.3. The van der Waals surface area contributed by atoms with Gasteiger partial charge in [0.2, 0.25) is 0 Å². The highest BCUT2D eigenvalue weighted by Crippen LogP contribution is 2.22. The monoisotopic (exact) mass is 262 g/mol. The molecule has 1 aromatic carbocycles. The van der Waals surface area contributed by atoms with E-state index in [2.05, 4.69) is 0 Å². The molecule has 1 atom stereocenters. The second kappa shape index (κ2) is 5.86. The van der Waals surface area contributed by atoms with Crippen molar-refractivity contribution in [3.8, 4) is 0 Å². The van der Waals surface area contributed by atoms with E-state index in [1.54, 1.807) is 24.3 Å². The zero-order valence-corrected chi connectivity index (χ0v) is 10.3. The summed E-state index contributed by atoms with van der Waals surface area (Å²) in [6, 6.07) is 7.83. The lowest BCUT2D eigenvalue weighted by Gasteiger charge is -2.11. The van der Waals surface area contributed by atoms with Gasteiger partial charge in [-0.2, -0.15) is 0 Å². The average Bonchev–Trinajstić information content (AvgIpc) is 2.25. The third kappa shape index (κ3) is 5.53. The van der Waals surface area contributed by atoms with Gasteiger partial charge in [0.1, 0.15) is 6.61 Å². The van der Waals surface area contributed by atoms with Crippen LogP contribution in [0, 0.1) is 5.92 Å². The first-order chi connectivity index (χ1) is 7.88. The highest BCUT2D eigenvalue weighted by molar-refractivity contribution is 6.58. The topological polar surface area (TPSA) is 26.3 Å². The van der Waals surface area contributed by atoms with Crippen LogP contribution in [0.25, 0.3) is 0 Å². The molecule has 17 heavy (non-hydrogen) atoms. The number of benzene rings is 1. The quantitative estimate of drug-likeness (QED) is 0.462. The lowest BCUT2D eigenvalue weighted by Crippen LogP contribution is -2.24. The van der Waals surface area contributed by atoms with Gasteiger partial charge < -0.3 is 4.74 Å². The van der Waals surface area contributed by atoms with Crippen molar-refractivity contribution in [2.45, 2.75) is 19.6 Å². The summed E-state index contributed by atoms with van der Waals surface area (Å²) in [6.45, 7) is 1.26. The summed E-state index contributed by atoms with van der Waals surface area (Å²) in [5.74, 6) is -1.90. The van der Waals surface area contributed by atoms with Crippen molar-refractivity contribution in [1.29, 1.82) is 0 Å². The summed E-state index contributed by atoms with van der Waals surface area (Å²) >= 11 is 0. The molecule has 0 amide bonds. The van der Waals surface area contributed by atoms with Gasteiger partial charge in [0.25, 0.3) is 0 Å². The third-order valence-electron chi connectivity index (χ3n) is 2.16. The van der Waals surface area contributed by atoms with Gasteiger partial charge in [-0.3, -0.25) is 4.79 Å². The molecule has 6 heteroatoms. The van der Waals surface area contributed by atoms with E-state index in [9.17, 15) is 17.1 Å². The Balaban J connectivity index is 2.40. The average molecular weight is 262 g/mol. The van der Waals surface area contributed by atoms with Crippen LogP contribution in [0.2, 0.25) is 6.04 Å². The minimum atomic E-state index is -5.69. The van der Waals surface area contributed by atoms with E-state index < -0.39 is 27.0 Å². The maximum absolute atomic E-state index is 12.2. The number of ether oxygens (including phenoxy) is 1. The van der Waals surface area contributed by atoms with Crippen LogP contribution in [0.1, 0.15) is 12.5 Å². The molecule has 0 bridgehead atoms. The third-order valence-corrected chi connectivity index (χ3v) is 3.24. The van der Waals surface area contributed by atoms with E-state index in [4.69, 9.17) is 4.74 Å². The summed E-state index contributed by atoms with van der Waals surface area (Å²) in [5, 5.41) is 0. The van der Waals surface area contributed by atoms with Gasteiger partial charge in [-0.1, -0.05) is 37.3 Å². The van der Waals surface area contributed by atoms with Crippen LogP contribution in [0.4, 0.5) is 12.3 Å². The van der Waals surface area contributed by atoms with Gasteiger partial charge >= 0.3 is 15.0 Å². The molecular weight excluding hydrogens is 249 g/mol. The maximum atomic E-state index is 12.2. The van der Waals surface area contributed by atoms with E-state index in [1.807, 2.05) is 6.07 Å². The van der Waals surface area contributed by atoms with Gasteiger partial charge in [0, 0.05) is 6.04 Å². The molecule has 1 unspecified atom stereocenters. The molecule has 0 heterocycles. The zero-order chi connectivity index (χ0) is 12.9. The van der Waals surface area contributed by atoms with Gasteiger partial charge in [-0.15, -0.1) is 0 Å². The van der Waals surface area contributed by atoms with Crippen LogP contribution < -0.4 is 0 Å². The Morgan fingerprint density at radius 1 is 1.29 bits per heavy atom. The first-order valence-electron chi connectivity index (χ1n) is 5.16. The van der Waals surface area contributed by atoms with Gasteiger partial charge in [-0.25, -0.2) is 12.3 Å². The fourth-order valence-corrected chi connectivity index (χ4v) is 2.16. The highest BCUT2D eigenvalue weighted by Gasteiger charge is 2.40. The number of hydrogen-bond donors (Lipinski definition) is 0. The predicted molar refractivity (Wildman–Crippen MR) is 59.3 cm³/mol. The molecule has 1 aromatic rings. The Bertz CT molecular complexity index is 365. The predicted octanol–water partition coefficient (Wildman–Crippen LogP) is 3.21. The molecule has 0 saturated heterocycles. The molecule has 0 aromatic heterocycles. The van der Waals surface area contributed by atoms with E-state index >= 15 is 0 Å².